The van der Waals surface area contributed by atoms with Crippen LogP contribution >= 0.6 is 0 Å². The standard InChI is InChI=1S/C21H23FN4O3S/c1-2-30(28,29)26-7-4-13(5-8-26)18-12-25-20-16(18)9-15(10-17(20)21(23)27)14-3-6-24-19(22)11-14/h3,6,9-13,25H,2,4-5,7-8H2,1H3,(H2,23,27). The van der Waals surface area contributed by atoms with E-state index in [-0.39, 0.29) is 11.7 Å². The Hall–Kier alpha value is -2.78. The monoisotopic (exact) mass is 430 g/mol. The molecule has 1 aromatic carbocycles. The number of amides is 1. The van der Waals surface area contributed by atoms with Crippen molar-refractivity contribution in [2.75, 3.05) is 18.8 Å². The van der Waals surface area contributed by atoms with Gasteiger partial charge in [0.1, 0.15) is 0 Å². The molecule has 1 aliphatic rings. The number of carbonyl (C=O) groups excluding carboxylic acids is 1. The number of fused-ring (bicyclic) bond motifs is 1. The van der Waals surface area contributed by atoms with Gasteiger partial charge < -0.3 is 10.7 Å². The summed E-state index contributed by atoms with van der Waals surface area (Å²) in [5.74, 6) is -0.939. The number of pyridine rings is 1. The summed E-state index contributed by atoms with van der Waals surface area (Å²) in [6, 6.07) is 6.55. The molecule has 9 heteroatoms. The number of hydrogen-bond donors (Lipinski definition) is 2. The molecule has 3 aromatic rings. The third kappa shape index (κ3) is 3.70. The number of nitrogens with two attached hydrogens (primary N) is 1. The number of primary amides is 1. The number of nitrogens with one attached hydrogen (secondary N) is 1. The lowest BCUT2D eigenvalue weighted by molar-refractivity contribution is 0.100. The smallest absolute Gasteiger partial charge is 0.250 e. The van der Waals surface area contributed by atoms with Gasteiger partial charge in [-0.3, -0.25) is 4.79 Å². The predicted molar refractivity (Wildman–Crippen MR) is 113 cm³/mol. The summed E-state index contributed by atoms with van der Waals surface area (Å²) < 4.78 is 39.5. The van der Waals surface area contributed by atoms with E-state index in [9.17, 15) is 17.6 Å². The number of H-pyrrole nitrogens is 1. The fraction of sp³-hybridized carbons (Fsp3) is 0.333. The molecule has 0 radical (unpaired) electrons. The number of rotatable bonds is 5. The maximum atomic E-state index is 13.6. The molecule has 1 aliphatic heterocycles. The second-order valence-electron chi connectivity index (χ2n) is 7.50. The quantitative estimate of drug-likeness (QED) is 0.607. The van der Waals surface area contributed by atoms with Gasteiger partial charge in [-0.2, -0.15) is 4.39 Å². The van der Waals surface area contributed by atoms with E-state index in [1.54, 1.807) is 23.4 Å². The minimum Gasteiger partial charge on any atom is -0.366 e. The van der Waals surface area contributed by atoms with E-state index in [1.165, 1.54) is 12.3 Å². The Morgan fingerprint density at radius 3 is 2.63 bits per heavy atom. The van der Waals surface area contributed by atoms with Crippen LogP contribution in [-0.4, -0.2) is 47.4 Å². The Morgan fingerprint density at radius 1 is 1.27 bits per heavy atom. The van der Waals surface area contributed by atoms with Gasteiger partial charge in [0.15, 0.2) is 0 Å². The van der Waals surface area contributed by atoms with Crippen LogP contribution in [0.1, 0.15) is 41.6 Å². The summed E-state index contributed by atoms with van der Waals surface area (Å²) in [4.78, 5) is 18.8. The Labute approximate surface area is 174 Å². The summed E-state index contributed by atoms with van der Waals surface area (Å²) in [5.41, 5.74) is 8.86. The SMILES string of the molecule is CCS(=O)(=O)N1CCC(c2c[nH]c3c(C(N)=O)cc(-c4ccnc(F)c4)cc23)CC1. The maximum Gasteiger partial charge on any atom is 0.250 e. The van der Waals surface area contributed by atoms with E-state index >= 15 is 0 Å². The summed E-state index contributed by atoms with van der Waals surface area (Å²) in [6.07, 6.45) is 4.61. The van der Waals surface area contributed by atoms with Gasteiger partial charge in [0, 0.05) is 36.9 Å². The summed E-state index contributed by atoms with van der Waals surface area (Å²) in [7, 11) is -3.20. The number of hydrogen-bond acceptors (Lipinski definition) is 4. The average molecular weight is 431 g/mol. The molecule has 3 heterocycles. The molecule has 0 spiro atoms. The highest BCUT2D eigenvalue weighted by Crippen LogP contribution is 2.37. The minimum atomic E-state index is -3.20. The predicted octanol–water partition coefficient (Wildman–Crippen LogP) is 3.00. The van der Waals surface area contributed by atoms with Crippen molar-refractivity contribution < 1.29 is 17.6 Å². The molecule has 7 nitrogen and oxygen atoms in total. The van der Waals surface area contributed by atoms with E-state index in [4.69, 9.17) is 5.73 Å². The first-order valence-corrected chi connectivity index (χ1v) is 11.5. The van der Waals surface area contributed by atoms with Crippen LogP contribution in [0.4, 0.5) is 4.39 Å². The highest BCUT2D eigenvalue weighted by atomic mass is 32.2. The summed E-state index contributed by atoms with van der Waals surface area (Å²) in [5, 5.41) is 0.843. The number of benzene rings is 1. The van der Waals surface area contributed by atoms with Gasteiger partial charge in [0.2, 0.25) is 16.0 Å². The van der Waals surface area contributed by atoms with Gasteiger partial charge in [-0.1, -0.05) is 0 Å². The molecule has 30 heavy (non-hydrogen) atoms. The van der Waals surface area contributed by atoms with Crippen LogP contribution in [-0.2, 0) is 10.0 Å². The molecule has 0 atom stereocenters. The molecule has 3 N–H and O–H groups in total. The van der Waals surface area contributed by atoms with Crippen molar-refractivity contribution in [3.8, 4) is 11.1 Å². The summed E-state index contributed by atoms with van der Waals surface area (Å²) in [6.45, 7) is 2.58. The van der Waals surface area contributed by atoms with Gasteiger partial charge in [-0.05, 0) is 60.6 Å². The van der Waals surface area contributed by atoms with Gasteiger partial charge in [0.05, 0.1) is 16.8 Å². The molecule has 4 rings (SSSR count). The minimum absolute atomic E-state index is 0.0958. The molecule has 0 unspecified atom stereocenters. The third-order valence-corrected chi connectivity index (χ3v) is 7.68. The molecule has 2 aromatic heterocycles. The zero-order valence-corrected chi connectivity index (χ0v) is 17.4. The van der Waals surface area contributed by atoms with Gasteiger partial charge in [-0.15, -0.1) is 0 Å². The third-order valence-electron chi connectivity index (χ3n) is 5.80. The van der Waals surface area contributed by atoms with Crippen molar-refractivity contribution >= 4 is 26.8 Å². The van der Waals surface area contributed by atoms with Crippen LogP contribution in [0, 0.1) is 5.95 Å². The van der Waals surface area contributed by atoms with E-state index in [2.05, 4.69) is 9.97 Å². The number of piperidine rings is 1. The van der Waals surface area contributed by atoms with Crippen LogP contribution in [0.25, 0.3) is 22.0 Å². The molecule has 1 amide bonds. The van der Waals surface area contributed by atoms with Crippen molar-refractivity contribution in [3.05, 3.63) is 53.7 Å². The lowest BCUT2D eigenvalue weighted by atomic mass is 9.88. The largest absolute Gasteiger partial charge is 0.366 e. The van der Waals surface area contributed by atoms with Gasteiger partial charge in [0.25, 0.3) is 5.91 Å². The van der Waals surface area contributed by atoms with Crippen molar-refractivity contribution in [2.45, 2.75) is 25.7 Å². The molecule has 0 aliphatic carbocycles. The summed E-state index contributed by atoms with van der Waals surface area (Å²) >= 11 is 0. The lowest BCUT2D eigenvalue weighted by Crippen LogP contribution is -2.38. The van der Waals surface area contributed by atoms with E-state index in [0.29, 0.717) is 48.1 Å². The van der Waals surface area contributed by atoms with E-state index in [0.717, 1.165) is 10.9 Å². The second-order valence-corrected chi connectivity index (χ2v) is 9.75. The Kier molecular flexibility index (Phi) is 5.33. The fourth-order valence-corrected chi connectivity index (χ4v) is 5.29. The van der Waals surface area contributed by atoms with Crippen LogP contribution < -0.4 is 5.73 Å². The first-order valence-electron chi connectivity index (χ1n) is 9.84. The number of sulfonamides is 1. The molecule has 1 saturated heterocycles. The highest BCUT2D eigenvalue weighted by molar-refractivity contribution is 7.89. The van der Waals surface area contributed by atoms with Crippen LogP contribution in [0.2, 0.25) is 0 Å². The number of nitrogens with zero attached hydrogens (tertiary/aromatic N) is 2. The number of carbonyl (C=O) groups is 1. The first kappa shape index (κ1) is 20.5. The molecule has 158 valence electrons. The Balaban J connectivity index is 1.74. The highest BCUT2D eigenvalue weighted by Gasteiger charge is 2.29. The number of aromatic nitrogens is 2. The number of aromatic amines is 1. The van der Waals surface area contributed by atoms with Gasteiger partial charge >= 0.3 is 0 Å². The lowest BCUT2D eigenvalue weighted by Gasteiger charge is -2.31. The Bertz CT molecular complexity index is 1210. The van der Waals surface area contributed by atoms with Crippen LogP contribution in [0.15, 0.2) is 36.7 Å². The van der Waals surface area contributed by atoms with Crippen LogP contribution in [0.3, 0.4) is 0 Å². The molecule has 1 fully saturated rings. The second kappa shape index (κ2) is 7.81. The molecule has 0 bridgehead atoms. The van der Waals surface area contributed by atoms with Gasteiger partial charge in [-0.25, -0.2) is 17.7 Å². The van der Waals surface area contributed by atoms with Crippen molar-refractivity contribution in [1.82, 2.24) is 14.3 Å². The molecular formula is C21H23FN4O3S. The molecule has 0 saturated carbocycles. The number of halogens is 1. The zero-order chi connectivity index (χ0) is 21.5. The van der Waals surface area contributed by atoms with Crippen molar-refractivity contribution in [3.63, 3.8) is 0 Å². The average Bonchev–Trinajstić information content (AvgIpc) is 3.17. The van der Waals surface area contributed by atoms with Crippen molar-refractivity contribution in [2.24, 2.45) is 5.73 Å². The van der Waals surface area contributed by atoms with E-state index < -0.39 is 21.9 Å². The topological polar surface area (TPSA) is 109 Å². The van der Waals surface area contributed by atoms with Crippen LogP contribution in [0.5, 0.6) is 0 Å². The fourth-order valence-electron chi connectivity index (χ4n) is 4.16. The molecular weight excluding hydrogens is 407 g/mol. The maximum absolute atomic E-state index is 13.6. The van der Waals surface area contributed by atoms with Crippen molar-refractivity contribution in [1.29, 1.82) is 0 Å². The van der Waals surface area contributed by atoms with E-state index in [1.807, 2.05) is 12.3 Å². The zero-order valence-electron chi connectivity index (χ0n) is 16.6. The first-order chi connectivity index (χ1) is 14.3. The normalized spacial score (nSPS) is 16.2. The Morgan fingerprint density at radius 2 is 2.00 bits per heavy atom.